The molecule has 0 amide bonds. The molecular formula is C10H6F5IO. The Morgan fingerprint density at radius 1 is 1.29 bits per heavy atom. The van der Waals surface area contributed by atoms with Crippen molar-refractivity contribution < 1.29 is 26.7 Å². The van der Waals surface area contributed by atoms with Gasteiger partial charge in [-0.15, -0.1) is 0 Å². The van der Waals surface area contributed by atoms with Gasteiger partial charge in [0.15, 0.2) is 5.78 Å². The van der Waals surface area contributed by atoms with Gasteiger partial charge in [-0.25, -0.2) is 8.78 Å². The molecule has 1 rings (SSSR count). The number of carbonyl (C=O) groups is 1. The van der Waals surface area contributed by atoms with Crippen LogP contribution in [0, 0.1) is 3.57 Å². The molecule has 1 aromatic carbocycles. The van der Waals surface area contributed by atoms with Crippen molar-refractivity contribution in [3.63, 3.8) is 0 Å². The van der Waals surface area contributed by atoms with Gasteiger partial charge in [0.05, 0.1) is 5.56 Å². The number of Topliss-reactive ketones (excluding diaryl/α,β-unsaturated/α-hetero) is 1. The lowest BCUT2D eigenvalue weighted by Crippen LogP contribution is -2.12. The van der Waals surface area contributed by atoms with Crippen LogP contribution in [0.5, 0.6) is 0 Å². The molecule has 7 heteroatoms. The zero-order valence-corrected chi connectivity index (χ0v) is 10.6. The van der Waals surface area contributed by atoms with Crippen molar-refractivity contribution in [2.24, 2.45) is 0 Å². The number of ketones is 1. The van der Waals surface area contributed by atoms with Gasteiger partial charge in [-0.3, -0.25) is 4.79 Å². The number of halogens is 6. The van der Waals surface area contributed by atoms with E-state index in [2.05, 4.69) is 0 Å². The summed E-state index contributed by atoms with van der Waals surface area (Å²) in [6, 6.07) is 1.17. The van der Waals surface area contributed by atoms with Crippen LogP contribution in [0.3, 0.4) is 0 Å². The Labute approximate surface area is 107 Å². The monoisotopic (exact) mass is 364 g/mol. The number of hydrogen-bond acceptors (Lipinski definition) is 1. The molecule has 0 saturated carbocycles. The van der Waals surface area contributed by atoms with E-state index in [-0.39, 0.29) is 9.13 Å². The molecule has 0 aliphatic carbocycles. The summed E-state index contributed by atoms with van der Waals surface area (Å²) in [5.41, 5.74) is -2.35. The standard InChI is InChI=1S/C10H6F5IO/c1-4(17)6-2-5(9(11)12)3-7(8(6)16)10(13,14)15/h2-3,9H,1H3. The Morgan fingerprint density at radius 3 is 2.18 bits per heavy atom. The van der Waals surface area contributed by atoms with Crippen LogP contribution in [0.15, 0.2) is 12.1 Å². The van der Waals surface area contributed by atoms with E-state index in [1.54, 1.807) is 0 Å². The molecule has 17 heavy (non-hydrogen) atoms. The molecular weight excluding hydrogens is 358 g/mol. The third-order valence-electron chi connectivity index (χ3n) is 2.03. The highest BCUT2D eigenvalue weighted by Gasteiger charge is 2.35. The van der Waals surface area contributed by atoms with Crippen LogP contribution in [-0.2, 0) is 6.18 Å². The Balaban J connectivity index is 3.55. The Bertz CT molecular complexity index is 453. The van der Waals surface area contributed by atoms with E-state index in [9.17, 15) is 26.7 Å². The highest BCUT2D eigenvalue weighted by molar-refractivity contribution is 14.1. The number of rotatable bonds is 2. The first-order chi connectivity index (χ1) is 7.64. The molecule has 0 atom stereocenters. The van der Waals surface area contributed by atoms with E-state index >= 15 is 0 Å². The summed E-state index contributed by atoms with van der Waals surface area (Å²) in [6.45, 7) is 1.03. The largest absolute Gasteiger partial charge is 0.417 e. The molecule has 0 saturated heterocycles. The second-order valence-corrected chi connectivity index (χ2v) is 4.36. The minimum atomic E-state index is -4.76. The molecule has 94 valence electrons. The average molecular weight is 364 g/mol. The summed E-state index contributed by atoms with van der Waals surface area (Å²) < 4.78 is 62.2. The fourth-order valence-electron chi connectivity index (χ4n) is 1.24. The van der Waals surface area contributed by atoms with Crippen molar-refractivity contribution in [1.82, 2.24) is 0 Å². The van der Waals surface area contributed by atoms with Crippen LogP contribution < -0.4 is 0 Å². The van der Waals surface area contributed by atoms with Crippen molar-refractivity contribution >= 4 is 28.4 Å². The minimum Gasteiger partial charge on any atom is -0.294 e. The molecule has 1 nitrogen and oxygen atoms in total. The van der Waals surface area contributed by atoms with E-state index < -0.39 is 29.5 Å². The van der Waals surface area contributed by atoms with Gasteiger partial charge >= 0.3 is 6.18 Å². The third kappa shape index (κ3) is 3.14. The molecule has 0 aliphatic heterocycles. The van der Waals surface area contributed by atoms with Gasteiger partial charge < -0.3 is 0 Å². The van der Waals surface area contributed by atoms with Crippen molar-refractivity contribution in [2.45, 2.75) is 19.5 Å². The van der Waals surface area contributed by atoms with E-state index in [1.165, 1.54) is 22.6 Å². The fraction of sp³-hybridized carbons (Fsp3) is 0.300. The zero-order valence-electron chi connectivity index (χ0n) is 8.41. The van der Waals surface area contributed by atoms with Crippen LogP contribution in [0.25, 0.3) is 0 Å². The van der Waals surface area contributed by atoms with Gasteiger partial charge in [0.1, 0.15) is 0 Å². The average Bonchev–Trinajstić information content (AvgIpc) is 2.15. The van der Waals surface area contributed by atoms with Crippen LogP contribution in [-0.4, -0.2) is 5.78 Å². The second kappa shape index (κ2) is 4.87. The molecule has 0 bridgehead atoms. The van der Waals surface area contributed by atoms with Gasteiger partial charge in [-0.2, -0.15) is 13.2 Å². The smallest absolute Gasteiger partial charge is 0.294 e. The van der Waals surface area contributed by atoms with Crippen LogP contribution in [0.4, 0.5) is 22.0 Å². The first kappa shape index (κ1) is 14.3. The highest BCUT2D eigenvalue weighted by atomic mass is 127. The Hall–Kier alpha value is -0.730. The first-order valence-corrected chi connectivity index (χ1v) is 5.42. The zero-order chi connectivity index (χ0) is 13.4. The van der Waals surface area contributed by atoms with Gasteiger partial charge in [0.2, 0.25) is 0 Å². The lowest BCUT2D eigenvalue weighted by molar-refractivity contribution is -0.138. The summed E-state index contributed by atoms with van der Waals surface area (Å²) in [5.74, 6) is -0.678. The third-order valence-corrected chi connectivity index (χ3v) is 3.19. The lowest BCUT2D eigenvalue weighted by Gasteiger charge is -2.13. The number of benzene rings is 1. The van der Waals surface area contributed by atoms with E-state index in [4.69, 9.17) is 0 Å². The maximum atomic E-state index is 12.6. The molecule has 0 N–H and O–H groups in total. The van der Waals surface area contributed by atoms with Gasteiger partial charge in [0, 0.05) is 14.7 Å². The quantitative estimate of drug-likeness (QED) is 0.431. The fourth-order valence-corrected chi connectivity index (χ4v) is 2.23. The normalized spacial score (nSPS) is 12.0. The maximum Gasteiger partial charge on any atom is 0.417 e. The summed E-state index contributed by atoms with van der Waals surface area (Å²) in [4.78, 5) is 11.1. The first-order valence-electron chi connectivity index (χ1n) is 4.34. The van der Waals surface area contributed by atoms with Gasteiger partial charge in [-0.1, -0.05) is 0 Å². The SMILES string of the molecule is CC(=O)c1cc(C(F)F)cc(C(F)(F)F)c1I. The van der Waals surface area contributed by atoms with Gasteiger partial charge in [0.25, 0.3) is 6.43 Å². The molecule has 0 aromatic heterocycles. The molecule has 0 unspecified atom stereocenters. The van der Waals surface area contributed by atoms with E-state index in [0.29, 0.717) is 6.07 Å². The van der Waals surface area contributed by atoms with E-state index in [1.807, 2.05) is 0 Å². The Morgan fingerprint density at radius 2 is 1.82 bits per heavy atom. The number of carbonyl (C=O) groups excluding carboxylic acids is 1. The topological polar surface area (TPSA) is 17.1 Å². The number of alkyl halides is 5. The predicted octanol–water partition coefficient (Wildman–Crippen LogP) is 4.45. The summed E-state index contributed by atoms with van der Waals surface area (Å²) in [6.07, 6.45) is -7.81. The van der Waals surface area contributed by atoms with Crippen LogP contribution in [0.1, 0.15) is 34.8 Å². The Kier molecular flexibility index (Phi) is 4.11. The summed E-state index contributed by atoms with van der Waals surface area (Å²) >= 11 is 1.34. The number of hydrogen-bond donors (Lipinski definition) is 0. The highest BCUT2D eigenvalue weighted by Crippen LogP contribution is 2.37. The van der Waals surface area contributed by atoms with Crippen molar-refractivity contribution in [3.05, 3.63) is 32.4 Å². The summed E-state index contributed by atoms with van der Waals surface area (Å²) in [5, 5.41) is 0. The molecule has 0 radical (unpaired) electrons. The minimum absolute atomic E-state index is 0.337. The van der Waals surface area contributed by atoms with Crippen molar-refractivity contribution in [2.75, 3.05) is 0 Å². The molecule has 0 fully saturated rings. The molecule has 0 spiro atoms. The molecule has 1 aromatic rings. The van der Waals surface area contributed by atoms with Crippen molar-refractivity contribution in [1.29, 1.82) is 0 Å². The van der Waals surface area contributed by atoms with Crippen LogP contribution >= 0.6 is 22.6 Å². The summed E-state index contributed by atoms with van der Waals surface area (Å²) in [7, 11) is 0. The van der Waals surface area contributed by atoms with Crippen LogP contribution in [0.2, 0.25) is 0 Å². The second-order valence-electron chi connectivity index (χ2n) is 3.28. The lowest BCUT2D eigenvalue weighted by atomic mass is 10.0. The molecule has 0 heterocycles. The maximum absolute atomic E-state index is 12.6. The predicted molar refractivity (Wildman–Crippen MR) is 59.1 cm³/mol. The van der Waals surface area contributed by atoms with E-state index in [0.717, 1.165) is 13.0 Å². The molecule has 0 aliphatic rings. The van der Waals surface area contributed by atoms with Crippen molar-refractivity contribution in [3.8, 4) is 0 Å². The van der Waals surface area contributed by atoms with Gasteiger partial charge in [-0.05, 0) is 41.6 Å².